The second-order valence-corrected chi connectivity index (χ2v) is 7.17. The summed E-state index contributed by atoms with van der Waals surface area (Å²) in [7, 11) is 0. The lowest BCUT2D eigenvalue weighted by Gasteiger charge is -2.10. The molecule has 0 spiro atoms. The number of aryl methyl sites for hydroxylation is 3. The molecule has 0 saturated carbocycles. The highest BCUT2D eigenvalue weighted by atomic mass is 32.1. The largest absolute Gasteiger partial charge is 0.379 e. The Balaban J connectivity index is 1.65. The summed E-state index contributed by atoms with van der Waals surface area (Å²) in [6.45, 7) is 2.63. The number of hydrogen-bond donors (Lipinski definition) is 1. The number of thiazole rings is 1. The van der Waals surface area contributed by atoms with Crippen LogP contribution in [-0.2, 0) is 19.4 Å². The van der Waals surface area contributed by atoms with Crippen LogP contribution >= 0.6 is 11.3 Å². The Kier molecular flexibility index (Phi) is 3.65. The van der Waals surface area contributed by atoms with Crippen LogP contribution in [0.15, 0.2) is 35.1 Å². The molecule has 23 heavy (non-hydrogen) atoms. The molecule has 4 nitrogen and oxygen atoms in total. The first-order valence-electron chi connectivity index (χ1n) is 8.04. The van der Waals surface area contributed by atoms with E-state index in [1.54, 1.807) is 17.4 Å². The van der Waals surface area contributed by atoms with E-state index in [0.29, 0.717) is 6.54 Å². The maximum atomic E-state index is 12.5. The molecule has 0 unspecified atom stereocenters. The number of hydrogen-bond acceptors (Lipinski definition) is 4. The average molecular weight is 325 g/mol. The van der Waals surface area contributed by atoms with Gasteiger partial charge in [-0.25, -0.2) is 4.98 Å². The van der Waals surface area contributed by atoms with Crippen LogP contribution in [0.1, 0.15) is 34.7 Å². The molecule has 0 fully saturated rings. The number of benzene rings is 1. The fourth-order valence-corrected chi connectivity index (χ4v) is 4.41. The topological polar surface area (TPSA) is 46.4 Å². The van der Waals surface area contributed by atoms with Gasteiger partial charge >= 0.3 is 0 Å². The predicted octanol–water partition coefficient (Wildman–Crippen LogP) is 3.56. The maximum Gasteiger partial charge on any atom is 0.259 e. The van der Waals surface area contributed by atoms with Gasteiger partial charge in [0.1, 0.15) is 0 Å². The molecular formula is C18H19N3OS. The zero-order valence-corrected chi connectivity index (χ0v) is 13.9. The van der Waals surface area contributed by atoms with E-state index in [0.717, 1.165) is 29.2 Å². The van der Waals surface area contributed by atoms with Crippen LogP contribution in [0.2, 0.25) is 0 Å². The van der Waals surface area contributed by atoms with E-state index >= 15 is 0 Å². The van der Waals surface area contributed by atoms with E-state index in [4.69, 9.17) is 4.98 Å². The standard InChI is InChI=1S/C18H19N3OS/c1-12-5-4-6-13(9-12)19-11-14-10-17(22)21-15-7-2-3-8-16(15)23-18(21)20-14/h4-6,9-10,19H,2-3,7-8,11H2,1H3. The summed E-state index contributed by atoms with van der Waals surface area (Å²) < 4.78 is 1.81. The van der Waals surface area contributed by atoms with E-state index < -0.39 is 0 Å². The number of aromatic nitrogens is 2. The summed E-state index contributed by atoms with van der Waals surface area (Å²) in [6, 6.07) is 9.88. The molecule has 0 atom stereocenters. The second-order valence-electron chi connectivity index (χ2n) is 6.11. The average Bonchev–Trinajstić information content (AvgIpc) is 2.92. The number of anilines is 1. The second kappa shape index (κ2) is 5.81. The van der Waals surface area contributed by atoms with Gasteiger partial charge in [0.2, 0.25) is 0 Å². The molecule has 0 radical (unpaired) electrons. The van der Waals surface area contributed by atoms with Gasteiger partial charge in [-0.05, 0) is 50.3 Å². The summed E-state index contributed by atoms with van der Waals surface area (Å²) in [6.07, 6.45) is 4.47. The third-order valence-corrected chi connectivity index (χ3v) is 5.45. The van der Waals surface area contributed by atoms with Crippen molar-refractivity contribution in [1.82, 2.24) is 9.38 Å². The van der Waals surface area contributed by atoms with Crippen molar-refractivity contribution in [3.63, 3.8) is 0 Å². The molecule has 5 heteroatoms. The summed E-state index contributed by atoms with van der Waals surface area (Å²) in [5.74, 6) is 0. The predicted molar refractivity (Wildman–Crippen MR) is 94.5 cm³/mol. The van der Waals surface area contributed by atoms with Gasteiger partial charge < -0.3 is 5.32 Å². The van der Waals surface area contributed by atoms with Gasteiger partial charge in [0, 0.05) is 22.3 Å². The normalized spacial score (nSPS) is 14.0. The van der Waals surface area contributed by atoms with E-state index in [1.807, 2.05) is 16.5 Å². The molecule has 1 aliphatic rings. The molecule has 0 saturated heterocycles. The third-order valence-electron chi connectivity index (χ3n) is 4.31. The lowest BCUT2D eigenvalue weighted by Crippen LogP contribution is -2.18. The molecule has 118 valence electrons. The van der Waals surface area contributed by atoms with Gasteiger partial charge in [-0.15, -0.1) is 11.3 Å². The molecular weight excluding hydrogens is 306 g/mol. The van der Waals surface area contributed by atoms with Gasteiger partial charge in [-0.2, -0.15) is 0 Å². The molecule has 2 heterocycles. The van der Waals surface area contributed by atoms with Crippen LogP contribution in [0.5, 0.6) is 0 Å². The van der Waals surface area contributed by atoms with Crippen LogP contribution in [0.3, 0.4) is 0 Å². The summed E-state index contributed by atoms with van der Waals surface area (Å²) in [5.41, 5.74) is 4.30. The Morgan fingerprint density at radius 2 is 2.13 bits per heavy atom. The molecule has 2 aromatic heterocycles. The fourth-order valence-electron chi connectivity index (χ4n) is 3.18. The molecule has 0 aliphatic heterocycles. The van der Waals surface area contributed by atoms with Gasteiger partial charge in [0.25, 0.3) is 5.56 Å². The molecule has 4 rings (SSSR count). The monoisotopic (exact) mass is 325 g/mol. The van der Waals surface area contributed by atoms with Crippen molar-refractivity contribution in [2.24, 2.45) is 0 Å². The van der Waals surface area contributed by atoms with Crippen molar-refractivity contribution in [3.8, 4) is 0 Å². The number of fused-ring (bicyclic) bond motifs is 3. The minimum absolute atomic E-state index is 0.0513. The van der Waals surface area contributed by atoms with Gasteiger partial charge in [-0.3, -0.25) is 9.20 Å². The van der Waals surface area contributed by atoms with Crippen molar-refractivity contribution in [2.75, 3.05) is 5.32 Å². The van der Waals surface area contributed by atoms with Crippen molar-refractivity contribution in [3.05, 3.63) is 62.5 Å². The van der Waals surface area contributed by atoms with E-state index in [9.17, 15) is 4.79 Å². The van der Waals surface area contributed by atoms with Crippen LogP contribution in [0.4, 0.5) is 5.69 Å². The molecule has 3 aromatic rings. The molecule has 1 aliphatic carbocycles. The number of nitrogens with one attached hydrogen (secondary N) is 1. The molecule has 0 amide bonds. The van der Waals surface area contributed by atoms with Gasteiger partial charge in [0.05, 0.1) is 12.2 Å². The quantitative estimate of drug-likeness (QED) is 0.801. The Morgan fingerprint density at radius 1 is 1.26 bits per heavy atom. The Morgan fingerprint density at radius 3 is 3.00 bits per heavy atom. The zero-order valence-electron chi connectivity index (χ0n) is 13.1. The Labute approximate surface area is 138 Å². The first-order chi connectivity index (χ1) is 11.2. The highest BCUT2D eigenvalue weighted by Crippen LogP contribution is 2.28. The highest BCUT2D eigenvalue weighted by Gasteiger charge is 2.18. The van der Waals surface area contributed by atoms with Crippen LogP contribution in [0, 0.1) is 6.92 Å². The molecule has 0 bridgehead atoms. The maximum absolute atomic E-state index is 12.5. The van der Waals surface area contributed by atoms with E-state index in [-0.39, 0.29) is 5.56 Å². The van der Waals surface area contributed by atoms with Crippen LogP contribution < -0.4 is 10.9 Å². The van der Waals surface area contributed by atoms with Crippen LogP contribution in [0.25, 0.3) is 4.96 Å². The molecule has 1 aromatic carbocycles. The Hall–Kier alpha value is -2.14. The minimum atomic E-state index is 0.0513. The fraction of sp³-hybridized carbons (Fsp3) is 0.333. The summed E-state index contributed by atoms with van der Waals surface area (Å²) in [4.78, 5) is 19.4. The number of rotatable bonds is 3. The lowest BCUT2D eigenvalue weighted by molar-refractivity contribution is 0.670. The van der Waals surface area contributed by atoms with Gasteiger partial charge in [-0.1, -0.05) is 12.1 Å². The van der Waals surface area contributed by atoms with Crippen molar-refractivity contribution < 1.29 is 0 Å². The molecule has 1 N–H and O–H groups in total. The first-order valence-corrected chi connectivity index (χ1v) is 8.86. The third kappa shape index (κ3) is 2.77. The zero-order chi connectivity index (χ0) is 15.8. The van der Waals surface area contributed by atoms with Crippen molar-refractivity contribution >= 4 is 22.0 Å². The SMILES string of the molecule is Cc1cccc(NCc2cc(=O)n3c4c(sc3n2)CCCC4)c1. The first kappa shape index (κ1) is 14.5. The smallest absolute Gasteiger partial charge is 0.259 e. The van der Waals surface area contributed by atoms with E-state index in [2.05, 4.69) is 24.4 Å². The van der Waals surface area contributed by atoms with E-state index in [1.165, 1.54) is 29.0 Å². The van der Waals surface area contributed by atoms with Crippen molar-refractivity contribution in [1.29, 1.82) is 0 Å². The number of nitrogens with zero attached hydrogens (tertiary/aromatic N) is 2. The summed E-state index contributed by atoms with van der Waals surface area (Å²) in [5, 5.41) is 3.35. The van der Waals surface area contributed by atoms with Crippen molar-refractivity contribution in [2.45, 2.75) is 39.2 Å². The van der Waals surface area contributed by atoms with Gasteiger partial charge in [0.15, 0.2) is 4.96 Å². The Bertz CT molecular complexity index is 926. The summed E-state index contributed by atoms with van der Waals surface area (Å²) >= 11 is 1.68. The minimum Gasteiger partial charge on any atom is -0.379 e. The van der Waals surface area contributed by atoms with Crippen LogP contribution in [-0.4, -0.2) is 9.38 Å². The lowest BCUT2D eigenvalue weighted by atomic mass is 10.0. The highest BCUT2D eigenvalue weighted by molar-refractivity contribution is 7.17.